The Morgan fingerprint density at radius 2 is 2.33 bits per heavy atom. The van der Waals surface area contributed by atoms with E-state index >= 15 is 0 Å². The molecule has 90 valence electrons. The van der Waals surface area contributed by atoms with Crippen LogP contribution in [0.5, 0.6) is 0 Å². The molecule has 0 amide bonds. The maximum atomic E-state index is 9.07. The summed E-state index contributed by atoms with van der Waals surface area (Å²) in [6.45, 7) is 4.93. The summed E-state index contributed by atoms with van der Waals surface area (Å²) >= 11 is 0. The lowest BCUT2D eigenvalue weighted by molar-refractivity contribution is 0.0136. The average Bonchev–Trinajstić information content (AvgIpc) is 2.28. The largest absolute Gasteiger partial charge is 0.395 e. The molecule has 0 aromatic rings. The third-order valence-corrected chi connectivity index (χ3v) is 3.38. The number of rotatable bonds is 5. The van der Waals surface area contributed by atoms with E-state index in [4.69, 9.17) is 9.84 Å². The predicted molar refractivity (Wildman–Crippen MR) is 61.0 cm³/mol. The molecule has 1 saturated heterocycles. The minimum Gasteiger partial charge on any atom is -0.395 e. The molecule has 2 N–H and O–H groups in total. The first-order valence-electron chi connectivity index (χ1n) is 5.75. The summed E-state index contributed by atoms with van der Waals surface area (Å²) in [6, 6.07) is 0.775. The number of nitrogens with zero attached hydrogens (tertiary/aromatic N) is 1. The quantitative estimate of drug-likeness (QED) is 0.675. The summed E-state index contributed by atoms with van der Waals surface area (Å²) in [5.74, 6) is 0.530. The van der Waals surface area contributed by atoms with Crippen molar-refractivity contribution < 1.29 is 9.84 Å². The summed E-state index contributed by atoms with van der Waals surface area (Å²) in [5, 5.41) is 12.4. The third-order valence-electron chi connectivity index (χ3n) is 3.38. The molecule has 1 aliphatic rings. The Kier molecular flexibility index (Phi) is 5.53. The van der Waals surface area contributed by atoms with Crippen LogP contribution in [0.15, 0.2) is 0 Å². The molecule has 0 aromatic heterocycles. The fourth-order valence-corrected chi connectivity index (χ4v) is 2.05. The number of likely N-dealkylation sites (N-methyl/N-ethyl adjacent to an activating group) is 1. The molecule has 4 heteroatoms. The van der Waals surface area contributed by atoms with Crippen LogP contribution in [0.1, 0.15) is 13.3 Å². The minimum absolute atomic E-state index is 0.217. The van der Waals surface area contributed by atoms with Crippen LogP contribution in [0.2, 0.25) is 0 Å². The molecule has 1 aliphatic heterocycles. The van der Waals surface area contributed by atoms with Crippen molar-refractivity contribution in [3.8, 4) is 0 Å². The van der Waals surface area contributed by atoms with Gasteiger partial charge in [-0.05, 0) is 27.4 Å². The van der Waals surface area contributed by atoms with Gasteiger partial charge in [0.1, 0.15) is 0 Å². The molecule has 3 unspecified atom stereocenters. The predicted octanol–water partition coefficient (Wildman–Crippen LogP) is -0.0765. The van der Waals surface area contributed by atoms with Crippen molar-refractivity contribution in [3.05, 3.63) is 0 Å². The van der Waals surface area contributed by atoms with E-state index < -0.39 is 0 Å². The van der Waals surface area contributed by atoms with Crippen LogP contribution < -0.4 is 5.32 Å². The van der Waals surface area contributed by atoms with E-state index in [9.17, 15) is 0 Å². The zero-order valence-corrected chi connectivity index (χ0v) is 10.1. The lowest BCUT2D eigenvalue weighted by atomic mass is 9.95. The summed E-state index contributed by atoms with van der Waals surface area (Å²) < 4.78 is 5.50. The topological polar surface area (TPSA) is 44.7 Å². The summed E-state index contributed by atoms with van der Waals surface area (Å²) in [4.78, 5) is 2.20. The van der Waals surface area contributed by atoms with Crippen LogP contribution in [0.25, 0.3) is 0 Å². The summed E-state index contributed by atoms with van der Waals surface area (Å²) in [6.07, 6.45) is 1.09. The molecular formula is C11H24N2O2. The second-order valence-corrected chi connectivity index (χ2v) is 4.49. The van der Waals surface area contributed by atoms with E-state index in [0.717, 1.165) is 26.2 Å². The zero-order chi connectivity index (χ0) is 11.3. The van der Waals surface area contributed by atoms with Crippen LogP contribution >= 0.6 is 0 Å². The molecule has 0 radical (unpaired) electrons. The van der Waals surface area contributed by atoms with Gasteiger partial charge in [-0.25, -0.2) is 0 Å². The monoisotopic (exact) mass is 216 g/mol. The second kappa shape index (κ2) is 6.43. The Labute approximate surface area is 92.6 Å². The molecule has 0 aliphatic carbocycles. The van der Waals surface area contributed by atoms with Gasteiger partial charge in [-0.3, -0.25) is 0 Å². The Balaban J connectivity index is 2.40. The molecule has 15 heavy (non-hydrogen) atoms. The number of aliphatic hydroxyl groups is 1. The highest BCUT2D eigenvalue weighted by molar-refractivity contribution is 4.81. The van der Waals surface area contributed by atoms with Gasteiger partial charge >= 0.3 is 0 Å². The Hall–Kier alpha value is -0.160. The standard InChI is InChI=1S/C11H24N2O2/c1-9(7-14)13(3)6-10-8-15-5-4-11(10)12-2/h9-12,14H,4-8H2,1-3H3. The maximum absolute atomic E-state index is 9.07. The highest BCUT2D eigenvalue weighted by atomic mass is 16.5. The van der Waals surface area contributed by atoms with E-state index in [1.165, 1.54) is 0 Å². The normalized spacial score (nSPS) is 29.4. The number of aliphatic hydroxyl groups excluding tert-OH is 1. The van der Waals surface area contributed by atoms with Crippen LogP contribution in [0.3, 0.4) is 0 Å². The van der Waals surface area contributed by atoms with Crippen molar-refractivity contribution >= 4 is 0 Å². The lowest BCUT2D eigenvalue weighted by Gasteiger charge is -2.35. The van der Waals surface area contributed by atoms with Crippen molar-refractivity contribution in [2.75, 3.05) is 40.5 Å². The van der Waals surface area contributed by atoms with E-state index in [1.807, 2.05) is 14.0 Å². The van der Waals surface area contributed by atoms with Gasteiger partial charge in [0.25, 0.3) is 0 Å². The van der Waals surface area contributed by atoms with Gasteiger partial charge in [0, 0.05) is 31.2 Å². The molecule has 0 aromatic carbocycles. The van der Waals surface area contributed by atoms with Gasteiger partial charge in [0.2, 0.25) is 0 Å². The van der Waals surface area contributed by atoms with Crippen LogP contribution in [0.4, 0.5) is 0 Å². The first kappa shape index (κ1) is 12.9. The maximum Gasteiger partial charge on any atom is 0.0584 e. The van der Waals surface area contributed by atoms with Crippen molar-refractivity contribution in [2.45, 2.75) is 25.4 Å². The molecule has 3 atom stereocenters. The van der Waals surface area contributed by atoms with Crippen molar-refractivity contribution in [1.82, 2.24) is 10.2 Å². The smallest absolute Gasteiger partial charge is 0.0584 e. The van der Waals surface area contributed by atoms with Gasteiger partial charge < -0.3 is 20.1 Å². The molecular weight excluding hydrogens is 192 g/mol. The molecule has 0 bridgehead atoms. The summed E-state index contributed by atoms with van der Waals surface area (Å²) in [5.41, 5.74) is 0. The van der Waals surface area contributed by atoms with Crippen LogP contribution in [0, 0.1) is 5.92 Å². The highest BCUT2D eigenvalue weighted by Gasteiger charge is 2.26. The lowest BCUT2D eigenvalue weighted by Crippen LogP contribution is -2.47. The highest BCUT2D eigenvalue weighted by Crippen LogP contribution is 2.16. The van der Waals surface area contributed by atoms with Gasteiger partial charge in [0.15, 0.2) is 0 Å². The number of hydrogen-bond acceptors (Lipinski definition) is 4. The van der Waals surface area contributed by atoms with Gasteiger partial charge in [-0.15, -0.1) is 0 Å². The first-order valence-corrected chi connectivity index (χ1v) is 5.75. The molecule has 1 heterocycles. The number of ether oxygens (including phenoxy) is 1. The number of hydrogen-bond donors (Lipinski definition) is 2. The zero-order valence-electron chi connectivity index (χ0n) is 10.1. The molecule has 0 spiro atoms. The fourth-order valence-electron chi connectivity index (χ4n) is 2.05. The van der Waals surface area contributed by atoms with Crippen LogP contribution in [-0.4, -0.2) is 62.6 Å². The number of nitrogens with one attached hydrogen (secondary N) is 1. The van der Waals surface area contributed by atoms with E-state index in [1.54, 1.807) is 0 Å². The van der Waals surface area contributed by atoms with Crippen molar-refractivity contribution in [1.29, 1.82) is 0 Å². The Morgan fingerprint density at radius 1 is 1.60 bits per heavy atom. The molecule has 1 rings (SSSR count). The Morgan fingerprint density at radius 3 is 2.93 bits per heavy atom. The van der Waals surface area contributed by atoms with Gasteiger partial charge in [-0.2, -0.15) is 0 Å². The summed E-state index contributed by atoms with van der Waals surface area (Å²) in [7, 11) is 4.07. The average molecular weight is 216 g/mol. The van der Waals surface area contributed by atoms with E-state index in [0.29, 0.717) is 12.0 Å². The minimum atomic E-state index is 0.217. The van der Waals surface area contributed by atoms with E-state index in [2.05, 4.69) is 17.3 Å². The van der Waals surface area contributed by atoms with Gasteiger partial charge in [0.05, 0.1) is 13.2 Å². The fraction of sp³-hybridized carbons (Fsp3) is 1.00. The van der Waals surface area contributed by atoms with Crippen molar-refractivity contribution in [2.24, 2.45) is 5.92 Å². The third kappa shape index (κ3) is 3.72. The SMILES string of the molecule is CNC1CCOCC1CN(C)C(C)CO. The Bertz CT molecular complexity index is 178. The van der Waals surface area contributed by atoms with Crippen molar-refractivity contribution in [3.63, 3.8) is 0 Å². The molecule has 0 saturated carbocycles. The first-order chi connectivity index (χ1) is 7.19. The van der Waals surface area contributed by atoms with Gasteiger partial charge in [-0.1, -0.05) is 0 Å². The van der Waals surface area contributed by atoms with E-state index in [-0.39, 0.29) is 12.6 Å². The van der Waals surface area contributed by atoms with Crippen LogP contribution in [-0.2, 0) is 4.74 Å². The molecule has 1 fully saturated rings. The molecule has 4 nitrogen and oxygen atoms in total. The second-order valence-electron chi connectivity index (χ2n) is 4.49.